The van der Waals surface area contributed by atoms with E-state index in [1.165, 1.54) is 0 Å². The Morgan fingerprint density at radius 1 is 1.40 bits per heavy atom. The van der Waals surface area contributed by atoms with Gasteiger partial charge in [-0.05, 0) is 0 Å². The van der Waals surface area contributed by atoms with E-state index in [0.29, 0.717) is 0 Å². The monoisotopic (exact) mass is 237 g/mol. The summed E-state index contributed by atoms with van der Waals surface area (Å²) in [5.41, 5.74) is -0.00880. The summed E-state index contributed by atoms with van der Waals surface area (Å²) in [6, 6.07) is 1.67. The van der Waals surface area contributed by atoms with Crippen molar-refractivity contribution in [3.63, 3.8) is 0 Å². The van der Waals surface area contributed by atoms with Crippen molar-refractivity contribution in [1.82, 2.24) is 9.97 Å². The fourth-order valence-electron chi connectivity index (χ4n) is 0.769. The van der Waals surface area contributed by atoms with Crippen molar-refractivity contribution in [2.75, 3.05) is 0 Å². The first-order valence-corrected chi connectivity index (χ1v) is 3.62. The second-order valence-corrected chi connectivity index (χ2v) is 2.42. The van der Waals surface area contributed by atoms with Gasteiger partial charge in [-0.1, -0.05) is 6.08 Å². The molecule has 15 heavy (non-hydrogen) atoms. The smallest absolute Gasteiger partial charge is 0.445 e. The van der Waals surface area contributed by atoms with Crippen LogP contribution in [0.15, 0.2) is 18.5 Å². The molecule has 0 aliphatic carbocycles. The number of hydrogen-bond donors (Lipinski definition) is 0. The first-order chi connectivity index (χ1) is 6.53. The standard InChI is InChI=1S/C7H4BF3N3.K/c9-8(10,11)2-1-6-4-13-5-14-7(6)3-12;/h1-2,4-5H;/q-1;+1/b2-1+;. The molecular weight excluding hydrogens is 233 g/mol. The Bertz CT molecular complexity index is 399. The first-order valence-electron chi connectivity index (χ1n) is 3.62. The molecule has 0 aromatic carbocycles. The molecular formula is C7H4BF3KN3. The number of rotatable bonds is 2. The molecule has 0 unspecified atom stereocenters. The Labute approximate surface area is 127 Å². The summed E-state index contributed by atoms with van der Waals surface area (Å²) in [6.45, 7) is -4.99. The minimum absolute atomic E-state index is 0. The molecule has 1 heterocycles. The number of nitriles is 1. The molecule has 0 saturated carbocycles. The Morgan fingerprint density at radius 2 is 2.07 bits per heavy atom. The summed E-state index contributed by atoms with van der Waals surface area (Å²) < 4.78 is 35.5. The van der Waals surface area contributed by atoms with Crippen molar-refractivity contribution in [2.24, 2.45) is 0 Å². The molecule has 0 amide bonds. The van der Waals surface area contributed by atoms with Gasteiger partial charge in [0.1, 0.15) is 12.4 Å². The van der Waals surface area contributed by atoms with Crippen LogP contribution in [0.4, 0.5) is 12.9 Å². The molecule has 0 spiro atoms. The second kappa shape index (κ2) is 6.40. The molecule has 0 saturated heterocycles. The molecule has 0 radical (unpaired) electrons. The van der Waals surface area contributed by atoms with Crippen molar-refractivity contribution in [3.8, 4) is 6.07 Å². The van der Waals surface area contributed by atoms with Crippen LogP contribution < -0.4 is 51.4 Å². The van der Waals surface area contributed by atoms with Gasteiger partial charge in [-0.25, -0.2) is 9.97 Å². The fraction of sp³-hybridized carbons (Fsp3) is 0. The zero-order valence-electron chi connectivity index (χ0n) is 7.86. The van der Waals surface area contributed by atoms with Crippen molar-refractivity contribution >= 4 is 13.1 Å². The van der Waals surface area contributed by atoms with Crippen LogP contribution in [0.1, 0.15) is 11.3 Å². The van der Waals surface area contributed by atoms with E-state index < -0.39 is 6.98 Å². The summed E-state index contributed by atoms with van der Waals surface area (Å²) in [4.78, 5) is 7.03. The third-order valence-electron chi connectivity index (χ3n) is 1.34. The van der Waals surface area contributed by atoms with Crippen molar-refractivity contribution in [1.29, 1.82) is 5.26 Å². The molecule has 1 aromatic heterocycles. The van der Waals surface area contributed by atoms with Crippen LogP contribution in [0.2, 0.25) is 0 Å². The van der Waals surface area contributed by atoms with Crippen LogP contribution in [0, 0.1) is 11.3 Å². The zero-order valence-corrected chi connectivity index (χ0v) is 11.0. The van der Waals surface area contributed by atoms with Gasteiger partial charge in [-0.15, -0.1) is 5.98 Å². The van der Waals surface area contributed by atoms with Crippen molar-refractivity contribution < 1.29 is 64.3 Å². The Hall–Kier alpha value is -0.199. The fourth-order valence-corrected chi connectivity index (χ4v) is 0.769. The van der Waals surface area contributed by atoms with Gasteiger partial charge in [0.2, 0.25) is 0 Å². The van der Waals surface area contributed by atoms with Gasteiger partial charge in [0.15, 0.2) is 5.69 Å². The van der Waals surface area contributed by atoms with Gasteiger partial charge in [0.05, 0.1) is 0 Å². The molecule has 3 nitrogen and oxygen atoms in total. The normalized spacial score (nSPS) is 10.8. The summed E-state index contributed by atoms with van der Waals surface area (Å²) in [7, 11) is 0. The number of hydrogen-bond acceptors (Lipinski definition) is 3. The van der Waals surface area contributed by atoms with Crippen LogP contribution >= 0.6 is 0 Å². The topological polar surface area (TPSA) is 49.6 Å². The SMILES string of the molecule is N#Cc1ncncc1/C=C/[B-](F)(F)F.[K+]. The molecule has 0 aliphatic rings. The first kappa shape index (κ1) is 14.8. The number of aromatic nitrogens is 2. The third kappa shape index (κ3) is 5.44. The number of halogens is 3. The summed E-state index contributed by atoms with van der Waals surface area (Å²) >= 11 is 0. The van der Waals surface area contributed by atoms with Crippen LogP contribution in [0.3, 0.4) is 0 Å². The minimum Gasteiger partial charge on any atom is -0.445 e. The van der Waals surface area contributed by atoms with E-state index in [9.17, 15) is 12.9 Å². The predicted molar refractivity (Wildman–Crippen MR) is 44.9 cm³/mol. The second-order valence-electron chi connectivity index (χ2n) is 2.42. The van der Waals surface area contributed by atoms with Crippen LogP contribution in [0.5, 0.6) is 0 Å². The van der Waals surface area contributed by atoms with E-state index in [2.05, 4.69) is 9.97 Å². The Balaban J connectivity index is 0.00000196. The van der Waals surface area contributed by atoms with Gasteiger partial charge >= 0.3 is 58.4 Å². The summed E-state index contributed by atoms with van der Waals surface area (Å²) in [5.74, 6) is 0.0968. The number of nitrogens with zero attached hydrogens (tertiary/aromatic N) is 3. The van der Waals surface area contributed by atoms with Gasteiger partial charge in [0.25, 0.3) is 0 Å². The van der Waals surface area contributed by atoms with Gasteiger partial charge in [-0.3, -0.25) is 0 Å². The Kier molecular flexibility index (Phi) is 6.31. The predicted octanol–water partition coefficient (Wildman–Crippen LogP) is -1.25. The van der Waals surface area contributed by atoms with E-state index in [-0.39, 0.29) is 68.6 Å². The average molecular weight is 237 g/mol. The van der Waals surface area contributed by atoms with Crippen LogP contribution in [0.25, 0.3) is 6.08 Å². The molecule has 0 bridgehead atoms. The molecule has 0 fully saturated rings. The summed E-state index contributed by atoms with van der Waals surface area (Å²) in [5, 5.41) is 8.50. The molecule has 0 atom stereocenters. The minimum atomic E-state index is -4.99. The zero-order chi connectivity index (χ0) is 10.6. The molecule has 0 N–H and O–H groups in total. The van der Waals surface area contributed by atoms with Crippen LogP contribution in [-0.4, -0.2) is 16.9 Å². The van der Waals surface area contributed by atoms with E-state index in [0.717, 1.165) is 18.6 Å². The Morgan fingerprint density at radius 3 is 2.60 bits per heavy atom. The molecule has 72 valence electrons. The van der Waals surface area contributed by atoms with E-state index in [1.54, 1.807) is 6.07 Å². The van der Waals surface area contributed by atoms with Gasteiger partial charge < -0.3 is 12.9 Å². The largest absolute Gasteiger partial charge is 1.00 e. The molecule has 0 aliphatic heterocycles. The van der Waals surface area contributed by atoms with E-state index in [4.69, 9.17) is 5.26 Å². The maximum atomic E-state index is 11.8. The van der Waals surface area contributed by atoms with E-state index in [1.807, 2.05) is 0 Å². The molecule has 1 aromatic rings. The van der Waals surface area contributed by atoms with Crippen molar-refractivity contribution in [2.45, 2.75) is 0 Å². The third-order valence-corrected chi connectivity index (χ3v) is 1.34. The quantitative estimate of drug-likeness (QED) is 0.604. The van der Waals surface area contributed by atoms with Crippen molar-refractivity contribution in [3.05, 3.63) is 29.8 Å². The van der Waals surface area contributed by atoms with E-state index >= 15 is 0 Å². The maximum absolute atomic E-state index is 11.8. The molecule has 8 heteroatoms. The summed E-state index contributed by atoms with van der Waals surface area (Å²) in [6.07, 6.45) is 3.05. The van der Waals surface area contributed by atoms with Crippen LogP contribution in [-0.2, 0) is 0 Å². The molecule has 1 rings (SSSR count). The van der Waals surface area contributed by atoms with Gasteiger partial charge in [0, 0.05) is 11.8 Å². The van der Waals surface area contributed by atoms with Gasteiger partial charge in [-0.2, -0.15) is 5.26 Å². The average Bonchev–Trinajstić information content (AvgIpc) is 2.14. The maximum Gasteiger partial charge on any atom is 1.00 e.